The zero-order chi connectivity index (χ0) is 30.5. The van der Waals surface area contributed by atoms with Gasteiger partial charge in [0.15, 0.2) is 11.5 Å². The molecule has 0 radical (unpaired) electrons. The third kappa shape index (κ3) is 11.9. The van der Waals surface area contributed by atoms with Crippen LogP contribution in [0.25, 0.3) is 0 Å². The first-order valence-electron chi connectivity index (χ1n) is 14.3. The number of nitrogens with two attached hydrogens (primary N) is 1. The normalized spacial score (nSPS) is 15.0. The number of ether oxygens (including phenoxy) is 3. The minimum Gasteiger partial charge on any atom is -0.493 e. The lowest BCUT2D eigenvalue weighted by Gasteiger charge is -2.32. The van der Waals surface area contributed by atoms with Gasteiger partial charge in [0.25, 0.3) is 0 Å². The lowest BCUT2D eigenvalue weighted by Crippen LogP contribution is -2.46. The molecule has 0 bridgehead atoms. The van der Waals surface area contributed by atoms with Gasteiger partial charge >= 0.3 is 0 Å². The van der Waals surface area contributed by atoms with Crippen LogP contribution in [0.15, 0.2) is 18.2 Å². The summed E-state index contributed by atoms with van der Waals surface area (Å²) in [6.07, 6.45) is 1.88. The van der Waals surface area contributed by atoms with E-state index in [9.17, 15) is 14.7 Å². The van der Waals surface area contributed by atoms with E-state index in [2.05, 4.69) is 39.7 Å². The van der Waals surface area contributed by atoms with Crippen LogP contribution in [0.2, 0.25) is 0 Å². The lowest BCUT2D eigenvalue weighted by molar-refractivity contribution is -0.130. The van der Waals surface area contributed by atoms with Gasteiger partial charge in [0.1, 0.15) is 0 Å². The van der Waals surface area contributed by atoms with E-state index in [0.717, 1.165) is 24.8 Å². The van der Waals surface area contributed by atoms with Crippen molar-refractivity contribution in [3.8, 4) is 11.5 Å². The van der Waals surface area contributed by atoms with E-state index < -0.39 is 23.3 Å². The molecular formula is C30H54N3O6P. The molecule has 9 nitrogen and oxygen atoms in total. The van der Waals surface area contributed by atoms with Crippen LogP contribution in [0, 0.1) is 29.1 Å². The van der Waals surface area contributed by atoms with Crippen molar-refractivity contribution in [2.45, 2.75) is 79.4 Å². The molecule has 0 aliphatic rings. The van der Waals surface area contributed by atoms with Crippen LogP contribution in [0.3, 0.4) is 0 Å². The number of primary amides is 1. The Bertz CT molecular complexity index is 911. The smallest absolute Gasteiger partial charge is 0.224 e. The largest absolute Gasteiger partial charge is 0.493 e. The third-order valence-corrected chi connectivity index (χ3v) is 8.09. The number of rotatable bonds is 20. The topological polar surface area (TPSA) is 132 Å². The maximum atomic E-state index is 13.0. The standard InChI is InChI=1S/C30H54N3O6P/c1-19(2)22(14-21-10-11-26(38-8)27(15-21)39-13-9-12-37-7)16-24(33-40)25(34)17-23(20(3)4)28(35)32-18-30(5,6)29(31)36/h10-11,15,19-20,22-25,33-34H,9,12-14,16-18,40H2,1-8H3,(H2,31,36)(H,32,35). The predicted molar refractivity (Wildman–Crippen MR) is 163 cm³/mol. The molecule has 230 valence electrons. The summed E-state index contributed by atoms with van der Waals surface area (Å²) < 4.78 is 16.6. The molecule has 2 amide bonds. The van der Waals surface area contributed by atoms with Gasteiger partial charge in [0, 0.05) is 38.6 Å². The molecule has 0 saturated heterocycles. The summed E-state index contributed by atoms with van der Waals surface area (Å²) in [5.74, 6) is 0.996. The number of hydrogen-bond acceptors (Lipinski definition) is 7. The summed E-state index contributed by atoms with van der Waals surface area (Å²) in [5, 5.41) is 17.4. The number of benzene rings is 1. The van der Waals surface area contributed by atoms with E-state index >= 15 is 0 Å². The Hall–Kier alpha value is -1.93. The highest BCUT2D eigenvalue weighted by Gasteiger charge is 2.32. The number of methoxy groups -OCH3 is 2. The molecule has 5 unspecified atom stereocenters. The number of aliphatic hydroxyl groups excluding tert-OH is 1. The molecule has 0 spiro atoms. The van der Waals surface area contributed by atoms with Gasteiger partial charge in [0.2, 0.25) is 11.8 Å². The molecular weight excluding hydrogens is 529 g/mol. The number of aliphatic hydroxyl groups is 1. The molecule has 1 aromatic carbocycles. The van der Waals surface area contributed by atoms with E-state index in [4.69, 9.17) is 19.9 Å². The van der Waals surface area contributed by atoms with Gasteiger partial charge in [-0.2, -0.15) is 0 Å². The Kier molecular flexibility index (Phi) is 16.1. The van der Waals surface area contributed by atoms with Gasteiger partial charge in [-0.1, -0.05) is 43.2 Å². The zero-order valence-electron chi connectivity index (χ0n) is 25.8. The third-order valence-electron chi connectivity index (χ3n) is 7.66. The first kappa shape index (κ1) is 36.1. The summed E-state index contributed by atoms with van der Waals surface area (Å²) in [7, 11) is 5.84. The van der Waals surface area contributed by atoms with E-state index in [-0.39, 0.29) is 30.3 Å². The minimum atomic E-state index is -0.847. The van der Waals surface area contributed by atoms with Gasteiger partial charge in [-0.25, -0.2) is 0 Å². The Morgan fingerprint density at radius 1 is 1.05 bits per heavy atom. The van der Waals surface area contributed by atoms with Crippen molar-refractivity contribution >= 4 is 21.2 Å². The highest BCUT2D eigenvalue weighted by molar-refractivity contribution is 7.13. The highest BCUT2D eigenvalue weighted by Crippen LogP contribution is 2.32. The van der Waals surface area contributed by atoms with Crippen molar-refractivity contribution in [1.29, 1.82) is 0 Å². The van der Waals surface area contributed by atoms with Crippen molar-refractivity contribution in [3.63, 3.8) is 0 Å². The SMILES string of the molecule is COCCCOc1cc(CC(CC(NP)C(O)CC(C(=O)NCC(C)(C)C(N)=O)C(C)C)C(C)C)ccc1OC. The van der Waals surface area contributed by atoms with E-state index in [0.29, 0.717) is 37.1 Å². The molecule has 10 heteroatoms. The predicted octanol–water partition coefficient (Wildman–Crippen LogP) is 3.71. The molecule has 40 heavy (non-hydrogen) atoms. The fourth-order valence-corrected chi connectivity index (χ4v) is 4.89. The number of hydrogen-bond donors (Lipinski definition) is 4. The molecule has 1 aromatic rings. The second kappa shape index (κ2) is 17.8. The van der Waals surface area contributed by atoms with Gasteiger partial charge in [-0.15, -0.1) is 0 Å². The minimum absolute atomic E-state index is 0.0130. The van der Waals surface area contributed by atoms with Crippen LogP contribution in [-0.2, 0) is 20.7 Å². The van der Waals surface area contributed by atoms with Gasteiger partial charge in [-0.05, 0) is 68.6 Å². The molecule has 5 atom stereocenters. The monoisotopic (exact) mass is 583 g/mol. The van der Waals surface area contributed by atoms with Crippen molar-refractivity contribution in [2.75, 3.05) is 34.0 Å². The quantitative estimate of drug-likeness (QED) is 0.136. The average Bonchev–Trinajstić information content (AvgIpc) is 2.90. The Morgan fingerprint density at radius 3 is 2.25 bits per heavy atom. The summed E-state index contributed by atoms with van der Waals surface area (Å²) in [6.45, 7) is 13.0. The average molecular weight is 584 g/mol. The molecule has 5 N–H and O–H groups in total. The van der Waals surface area contributed by atoms with Crippen LogP contribution in [0.4, 0.5) is 0 Å². The van der Waals surface area contributed by atoms with Gasteiger partial charge in [-0.3, -0.25) is 14.7 Å². The number of carbonyl (C=O) groups excluding carboxylic acids is 2. The summed E-state index contributed by atoms with van der Waals surface area (Å²) in [4.78, 5) is 24.7. The summed E-state index contributed by atoms with van der Waals surface area (Å²) in [5.41, 5.74) is 5.74. The van der Waals surface area contributed by atoms with E-state index in [1.54, 1.807) is 28.1 Å². The lowest BCUT2D eigenvalue weighted by atomic mass is 9.80. The van der Waals surface area contributed by atoms with Gasteiger partial charge in [0.05, 0.1) is 25.2 Å². The summed E-state index contributed by atoms with van der Waals surface area (Å²) in [6, 6.07) is 5.80. The Morgan fingerprint density at radius 2 is 1.73 bits per heavy atom. The van der Waals surface area contributed by atoms with Crippen LogP contribution in [0.1, 0.15) is 66.4 Å². The Balaban J connectivity index is 2.95. The van der Waals surface area contributed by atoms with Gasteiger partial charge < -0.3 is 30.4 Å². The molecule has 0 fully saturated rings. The second-order valence-electron chi connectivity index (χ2n) is 12.0. The maximum Gasteiger partial charge on any atom is 0.224 e. The molecule has 0 aliphatic carbocycles. The molecule has 0 saturated carbocycles. The number of carbonyl (C=O) groups is 2. The van der Waals surface area contributed by atoms with Crippen LogP contribution in [0.5, 0.6) is 11.5 Å². The van der Waals surface area contributed by atoms with Crippen molar-refractivity contribution in [2.24, 2.45) is 34.8 Å². The van der Waals surface area contributed by atoms with Crippen molar-refractivity contribution < 1.29 is 28.9 Å². The molecule has 0 heterocycles. The van der Waals surface area contributed by atoms with E-state index in [1.165, 1.54) is 0 Å². The number of nitrogens with one attached hydrogen (secondary N) is 2. The summed E-state index contributed by atoms with van der Waals surface area (Å²) >= 11 is 0. The van der Waals surface area contributed by atoms with E-state index in [1.807, 2.05) is 26.0 Å². The highest BCUT2D eigenvalue weighted by atomic mass is 31.0. The molecule has 0 aliphatic heterocycles. The first-order valence-corrected chi connectivity index (χ1v) is 14.8. The molecule has 1 rings (SSSR count). The van der Waals surface area contributed by atoms with Crippen LogP contribution >= 0.6 is 9.39 Å². The fourth-order valence-electron chi connectivity index (χ4n) is 4.54. The zero-order valence-corrected chi connectivity index (χ0v) is 26.9. The van der Waals surface area contributed by atoms with Crippen LogP contribution in [-0.4, -0.2) is 63.0 Å². The Labute approximate surface area is 243 Å². The first-order chi connectivity index (χ1) is 18.8. The fraction of sp³-hybridized carbons (Fsp3) is 0.733. The van der Waals surface area contributed by atoms with Crippen molar-refractivity contribution in [1.82, 2.24) is 10.4 Å². The number of amides is 2. The second-order valence-corrected chi connectivity index (χ2v) is 12.3. The molecule has 0 aromatic heterocycles. The van der Waals surface area contributed by atoms with Crippen LogP contribution < -0.4 is 25.6 Å². The maximum absolute atomic E-state index is 13.0. The van der Waals surface area contributed by atoms with Crippen molar-refractivity contribution in [3.05, 3.63) is 23.8 Å².